The minimum Gasteiger partial charge on any atom is -0.0104 e. The molecule has 0 spiro atoms. The van der Waals surface area contributed by atoms with Crippen LogP contribution < -0.4 is 0 Å². The van der Waals surface area contributed by atoms with Gasteiger partial charge in [-0.3, -0.25) is 0 Å². The number of rotatable bonds is 0. The Morgan fingerprint density at radius 2 is 1.25 bits per heavy atom. The van der Waals surface area contributed by atoms with Crippen LogP contribution in [0.2, 0.25) is 0 Å². The molecule has 4 heavy (non-hydrogen) atoms. The van der Waals surface area contributed by atoms with E-state index in [4.69, 9.17) is 9.05 Å². The molecule has 0 atom stereocenters. The molecule has 0 rings (SSSR count). The van der Waals surface area contributed by atoms with Crippen molar-refractivity contribution in [1.29, 1.82) is 0 Å². The van der Waals surface area contributed by atoms with Gasteiger partial charge < -0.3 is 0 Å². The molecule has 0 aliphatic carbocycles. The molecule has 0 saturated heterocycles. The fourth-order valence-electron chi connectivity index (χ4n) is 0. The predicted molar refractivity (Wildman–Crippen MR) is 3.30 cm³/mol. The Bertz CT molecular complexity index is 6.00. The maximum atomic E-state index is 9.12. The third-order valence-corrected chi connectivity index (χ3v) is 0. The van der Waals surface area contributed by atoms with Crippen molar-refractivity contribution in [2.24, 2.45) is 0 Å². The Morgan fingerprint density at radius 3 is 1.25 bits per heavy atom. The third kappa shape index (κ3) is 38.4. The summed E-state index contributed by atoms with van der Waals surface area (Å²) >= 11 is 0. The van der Waals surface area contributed by atoms with Crippen LogP contribution in [0, 0.1) is 0 Å². The molecule has 0 aromatic rings. The van der Waals surface area contributed by atoms with Gasteiger partial charge in [0.2, 0.25) is 0 Å². The van der Waals surface area contributed by atoms with Gasteiger partial charge in [-0.15, -0.1) is 0 Å². The van der Waals surface area contributed by atoms with Gasteiger partial charge >= 0.3 is 0 Å². The average molecular weight is 113 g/mol. The molecule has 0 aromatic heterocycles. The van der Waals surface area contributed by atoms with Crippen LogP contribution >= 0.6 is 0 Å². The predicted octanol–water partition coefficient (Wildman–Crippen LogP) is 0.770. The van der Waals surface area contributed by atoms with Gasteiger partial charge in [0.15, 0.2) is 0 Å². The van der Waals surface area contributed by atoms with Crippen molar-refractivity contribution in [2.75, 3.05) is 0 Å². The summed E-state index contributed by atoms with van der Waals surface area (Å²) in [5.41, 5.74) is 0. The second kappa shape index (κ2) is 10.2. The molecule has 0 fully saturated rings. The van der Waals surface area contributed by atoms with Crippen LogP contribution in [0.5, 0.6) is 0 Å². The van der Waals surface area contributed by atoms with E-state index in [-0.39, 0.29) is 16.8 Å². The summed E-state index contributed by atoms with van der Waals surface area (Å²) in [6.07, 6.45) is 0. The van der Waals surface area contributed by atoms with Gasteiger partial charge in [0.05, 0.1) is 0 Å². The Kier molecular flexibility index (Phi) is 22.6. The van der Waals surface area contributed by atoms with Gasteiger partial charge in [-0.25, -0.2) is 0 Å². The van der Waals surface area contributed by atoms with Crippen LogP contribution in [0.3, 0.4) is 0 Å². The van der Waals surface area contributed by atoms with Crippen LogP contribution in [-0.2, 0) is 21.9 Å². The first kappa shape index (κ1) is 8.85. The normalized spacial score (nSPS) is 4.50. The molecule has 0 unspecified atom stereocenters. The van der Waals surface area contributed by atoms with E-state index >= 15 is 0 Å². The van der Waals surface area contributed by atoms with Gasteiger partial charge in [0, 0.05) is 21.9 Å². The quantitative estimate of drug-likeness (QED) is 0.450. The van der Waals surface area contributed by atoms with Crippen molar-refractivity contribution < 1.29 is 31.0 Å². The maximum absolute atomic E-state index is 9.12. The molecular weight excluding hydrogens is 113 g/mol. The number of hydrogen-bond donors (Lipinski definition) is 0. The maximum Gasteiger partial charge on any atom is 0.0209 e. The molecule has 1 radical (unpaired) electrons. The molecular formula is CoF2O. The summed E-state index contributed by atoms with van der Waals surface area (Å²) in [5, 5.41) is 1.25. The average Bonchev–Trinajstić information content (AvgIpc) is 0.918. The van der Waals surface area contributed by atoms with Gasteiger partial charge in [-0.2, -0.15) is 0 Å². The van der Waals surface area contributed by atoms with Crippen molar-refractivity contribution in [2.45, 2.75) is 0 Å². The summed E-state index contributed by atoms with van der Waals surface area (Å²) in [6.45, 7) is 0. The summed E-state index contributed by atoms with van der Waals surface area (Å²) in [4.78, 5) is 0. The first-order valence-electron chi connectivity index (χ1n) is 0.309. The largest absolute Gasteiger partial charge is 0.0209 e. The summed E-state index contributed by atoms with van der Waals surface area (Å²) < 4.78 is 18.2. The fraction of sp³-hybridized carbons (Fsp3) is 0. The number of hydrogen-bond acceptors (Lipinski definition) is 1. The van der Waals surface area contributed by atoms with Crippen molar-refractivity contribution in [3.8, 4) is 0 Å². The van der Waals surface area contributed by atoms with Gasteiger partial charge in [-0.1, -0.05) is 0 Å². The molecule has 0 aromatic carbocycles. The van der Waals surface area contributed by atoms with Crippen LogP contribution in [0.1, 0.15) is 0 Å². The molecule has 0 N–H and O–H groups in total. The second-order valence-electron chi connectivity index (χ2n) is 0.0583. The van der Waals surface area contributed by atoms with Gasteiger partial charge in [-0.05, 0) is 9.05 Å². The van der Waals surface area contributed by atoms with E-state index in [2.05, 4.69) is 0 Å². The molecule has 29 valence electrons. The van der Waals surface area contributed by atoms with Crippen LogP contribution in [0.15, 0.2) is 0 Å². The zero-order valence-electron chi connectivity index (χ0n) is 1.50. The van der Waals surface area contributed by atoms with E-state index < -0.39 is 0 Å². The molecule has 4 heteroatoms. The molecule has 0 heterocycles. The van der Waals surface area contributed by atoms with Gasteiger partial charge in [0.25, 0.3) is 0 Å². The molecule has 0 saturated carbocycles. The fourth-order valence-corrected chi connectivity index (χ4v) is 0. The first-order valence-corrected chi connectivity index (χ1v) is 0.309. The Hall–Kier alpha value is 0.326. The first-order chi connectivity index (χ1) is 1.41. The smallest absolute Gasteiger partial charge is 0.0104 e. The second-order valence-corrected chi connectivity index (χ2v) is 0.0583. The Labute approximate surface area is 31.9 Å². The summed E-state index contributed by atoms with van der Waals surface area (Å²) in [5.74, 6) is 0. The standard InChI is InChI=1S/Co.F2O/c;1-3-2. The van der Waals surface area contributed by atoms with Crippen LogP contribution in [0.4, 0.5) is 9.05 Å². The van der Waals surface area contributed by atoms with E-state index in [1.807, 2.05) is 0 Å². The molecule has 1 nitrogen and oxygen atoms in total. The van der Waals surface area contributed by atoms with Crippen molar-refractivity contribution >= 4 is 0 Å². The van der Waals surface area contributed by atoms with Crippen molar-refractivity contribution in [1.82, 2.24) is 0 Å². The topological polar surface area (TPSA) is 9.23 Å². The minimum atomic E-state index is 0. The molecule has 0 aliphatic heterocycles. The number of halogens is 2. The van der Waals surface area contributed by atoms with Crippen LogP contribution in [0.25, 0.3) is 0 Å². The summed E-state index contributed by atoms with van der Waals surface area (Å²) in [6, 6.07) is 0. The Morgan fingerprint density at radius 1 is 1.25 bits per heavy atom. The van der Waals surface area contributed by atoms with E-state index in [1.54, 1.807) is 0 Å². The monoisotopic (exact) mass is 113 g/mol. The van der Waals surface area contributed by atoms with E-state index in [0.717, 1.165) is 0 Å². The van der Waals surface area contributed by atoms with Crippen LogP contribution in [-0.4, -0.2) is 0 Å². The zero-order chi connectivity index (χ0) is 2.71. The van der Waals surface area contributed by atoms with E-state index in [0.29, 0.717) is 0 Å². The minimum absolute atomic E-state index is 0. The zero-order valence-corrected chi connectivity index (χ0v) is 2.54. The van der Waals surface area contributed by atoms with E-state index in [9.17, 15) is 0 Å². The summed E-state index contributed by atoms with van der Waals surface area (Å²) in [7, 11) is 0. The molecule has 0 bridgehead atoms. The van der Waals surface area contributed by atoms with Gasteiger partial charge in [0.1, 0.15) is 0 Å². The molecule has 0 amide bonds. The molecule has 0 aliphatic rings. The van der Waals surface area contributed by atoms with E-state index in [1.165, 1.54) is 5.15 Å². The van der Waals surface area contributed by atoms with Crippen molar-refractivity contribution in [3.63, 3.8) is 0 Å². The van der Waals surface area contributed by atoms with Crippen molar-refractivity contribution in [3.05, 3.63) is 0 Å². The Balaban J connectivity index is 0. The third-order valence-electron chi connectivity index (χ3n) is 0. The SMILES string of the molecule is FOF.[Co].